The Morgan fingerprint density at radius 2 is 1.80 bits per heavy atom. The monoisotopic (exact) mass is 418 g/mol. The molecule has 1 aliphatic rings. The third kappa shape index (κ3) is 4.17. The van der Waals surface area contributed by atoms with Gasteiger partial charge in [-0.1, -0.05) is 48.5 Å². The maximum absolute atomic E-state index is 13.0. The van der Waals surface area contributed by atoms with E-state index in [1.54, 1.807) is 18.4 Å². The Balaban J connectivity index is 1.56. The van der Waals surface area contributed by atoms with Gasteiger partial charge in [0.15, 0.2) is 0 Å². The lowest BCUT2D eigenvalue weighted by Gasteiger charge is -2.41. The van der Waals surface area contributed by atoms with Crippen molar-refractivity contribution in [2.24, 2.45) is 5.41 Å². The predicted molar refractivity (Wildman–Crippen MR) is 122 cm³/mol. The van der Waals surface area contributed by atoms with Crippen LogP contribution in [-0.2, 0) is 11.2 Å². The molecule has 1 aliphatic heterocycles. The highest BCUT2D eigenvalue weighted by Gasteiger charge is 2.43. The summed E-state index contributed by atoms with van der Waals surface area (Å²) in [5.41, 5.74) is 2.37. The van der Waals surface area contributed by atoms with Gasteiger partial charge in [0.1, 0.15) is 0 Å². The summed E-state index contributed by atoms with van der Waals surface area (Å²) in [5, 5.41) is 4.93. The summed E-state index contributed by atoms with van der Waals surface area (Å²) in [4.78, 5) is 29.1. The third-order valence-electron chi connectivity index (χ3n) is 5.90. The molecule has 0 unspecified atom stereocenters. The Morgan fingerprint density at radius 3 is 2.47 bits per heavy atom. The van der Waals surface area contributed by atoms with E-state index in [4.69, 9.17) is 0 Å². The predicted octanol–water partition coefficient (Wildman–Crippen LogP) is 4.63. The zero-order valence-electron chi connectivity index (χ0n) is 17.1. The smallest absolute Gasteiger partial charge is 0.253 e. The minimum Gasteiger partial charge on any atom is -0.359 e. The van der Waals surface area contributed by atoms with Crippen molar-refractivity contribution in [2.45, 2.75) is 19.3 Å². The summed E-state index contributed by atoms with van der Waals surface area (Å²) in [7, 11) is 1.68. The Hall–Kier alpha value is -2.92. The number of piperidine rings is 1. The van der Waals surface area contributed by atoms with Crippen molar-refractivity contribution in [2.75, 3.05) is 20.1 Å². The number of nitrogens with zero attached hydrogens (tertiary/aromatic N) is 1. The highest BCUT2D eigenvalue weighted by atomic mass is 32.1. The van der Waals surface area contributed by atoms with E-state index >= 15 is 0 Å². The Bertz CT molecular complexity index is 999. The van der Waals surface area contributed by atoms with Gasteiger partial charge < -0.3 is 10.2 Å². The van der Waals surface area contributed by atoms with Crippen molar-refractivity contribution in [3.8, 4) is 10.4 Å². The van der Waals surface area contributed by atoms with Crippen LogP contribution in [0.15, 0.2) is 72.1 Å². The maximum atomic E-state index is 13.0. The zero-order valence-corrected chi connectivity index (χ0v) is 18.0. The minimum atomic E-state index is -0.609. The number of benzene rings is 2. The molecule has 1 atom stereocenters. The van der Waals surface area contributed by atoms with Gasteiger partial charge in [0.05, 0.1) is 5.41 Å². The Morgan fingerprint density at radius 1 is 1.03 bits per heavy atom. The molecule has 0 aliphatic carbocycles. The molecule has 2 heterocycles. The molecular formula is C25H26N2O2S. The van der Waals surface area contributed by atoms with E-state index in [0.29, 0.717) is 25.1 Å². The highest BCUT2D eigenvalue weighted by Crippen LogP contribution is 2.35. The lowest BCUT2D eigenvalue weighted by molar-refractivity contribution is -0.133. The first-order valence-corrected chi connectivity index (χ1v) is 11.2. The van der Waals surface area contributed by atoms with Crippen molar-refractivity contribution in [3.63, 3.8) is 0 Å². The largest absolute Gasteiger partial charge is 0.359 e. The zero-order chi connectivity index (χ0) is 21.0. The van der Waals surface area contributed by atoms with Gasteiger partial charge in [-0.05, 0) is 54.0 Å². The molecule has 5 heteroatoms. The number of likely N-dealkylation sites (tertiary alicyclic amines) is 1. The van der Waals surface area contributed by atoms with E-state index in [-0.39, 0.29) is 11.8 Å². The van der Waals surface area contributed by atoms with Crippen LogP contribution in [0.4, 0.5) is 0 Å². The van der Waals surface area contributed by atoms with Crippen LogP contribution in [0, 0.1) is 5.41 Å². The minimum absolute atomic E-state index is 0.00313. The summed E-state index contributed by atoms with van der Waals surface area (Å²) >= 11 is 1.72. The standard InChI is InChI=1S/C25H26N2O2S/c1-26-24(29)25(17-19-10-12-20(13-11-19)22-9-5-16-30-22)14-6-15-27(18-25)23(28)21-7-3-2-4-8-21/h2-5,7-13,16H,6,14-15,17-18H2,1H3,(H,26,29)/t25-/m0/s1. The van der Waals surface area contributed by atoms with Gasteiger partial charge in [-0.15, -0.1) is 11.3 Å². The van der Waals surface area contributed by atoms with Gasteiger partial charge in [0.25, 0.3) is 5.91 Å². The van der Waals surface area contributed by atoms with Crippen LogP contribution >= 0.6 is 11.3 Å². The second-order valence-corrected chi connectivity index (χ2v) is 8.85. The lowest BCUT2D eigenvalue weighted by Crippen LogP contribution is -2.54. The average molecular weight is 419 g/mol. The molecule has 1 saturated heterocycles. The van der Waals surface area contributed by atoms with Gasteiger partial charge in [-0.3, -0.25) is 9.59 Å². The number of thiophene rings is 1. The number of amides is 2. The summed E-state index contributed by atoms with van der Waals surface area (Å²) in [5.74, 6) is 0.00650. The van der Waals surface area contributed by atoms with Gasteiger partial charge in [0, 0.05) is 30.6 Å². The van der Waals surface area contributed by atoms with Crippen LogP contribution in [0.2, 0.25) is 0 Å². The number of carbonyl (C=O) groups excluding carboxylic acids is 2. The van der Waals surface area contributed by atoms with E-state index in [0.717, 1.165) is 18.4 Å². The summed E-state index contributed by atoms with van der Waals surface area (Å²) in [6, 6.07) is 21.9. The van der Waals surface area contributed by atoms with Crippen LogP contribution in [0.25, 0.3) is 10.4 Å². The molecule has 154 valence electrons. The van der Waals surface area contributed by atoms with Crippen LogP contribution < -0.4 is 5.32 Å². The first kappa shape index (κ1) is 20.4. The SMILES string of the molecule is CNC(=O)[C@]1(Cc2ccc(-c3cccs3)cc2)CCCN(C(=O)c2ccccc2)C1. The summed E-state index contributed by atoms with van der Waals surface area (Å²) in [6.45, 7) is 1.12. The molecule has 30 heavy (non-hydrogen) atoms. The third-order valence-corrected chi connectivity index (χ3v) is 6.81. The van der Waals surface area contributed by atoms with E-state index < -0.39 is 5.41 Å². The molecule has 1 fully saturated rings. The van der Waals surface area contributed by atoms with E-state index in [2.05, 4.69) is 47.1 Å². The fourth-order valence-corrected chi connectivity index (χ4v) is 5.10. The molecule has 0 saturated carbocycles. The van der Waals surface area contributed by atoms with Gasteiger partial charge in [-0.25, -0.2) is 0 Å². The number of rotatable bonds is 5. The summed E-state index contributed by atoms with van der Waals surface area (Å²) in [6.07, 6.45) is 2.22. The molecule has 2 amide bonds. The molecule has 3 aromatic rings. The second-order valence-electron chi connectivity index (χ2n) is 7.91. The molecule has 4 rings (SSSR count). The Labute approximate surface area is 181 Å². The molecule has 2 aromatic carbocycles. The fourth-order valence-electron chi connectivity index (χ4n) is 4.36. The van der Waals surface area contributed by atoms with Crippen LogP contribution in [-0.4, -0.2) is 36.9 Å². The molecular weight excluding hydrogens is 392 g/mol. The van der Waals surface area contributed by atoms with Crippen LogP contribution in [0.1, 0.15) is 28.8 Å². The topological polar surface area (TPSA) is 49.4 Å². The molecule has 1 N–H and O–H groups in total. The van der Waals surface area contributed by atoms with Crippen LogP contribution in [0.5, 0.6) is 0 Å². The van der Waals surface area contributed by atoms with Gasteiger partial charge >= 0.3 is 0 Å². The molecule has 0 radical (unpaired) electrons. The Kier molecular flexibility index (Phi) is 6.00. The highest BCUT2D eigenvalue weighted by molar-refractivity contribution is 7.13. The molecule has 4 nitrogen and oxygen atoms in total. The van der Waals surface area contributed by atoms with E-state index in [1.807, 2.05) is 35.2 Å². The second kappa shape index (κ2) is 8.84. The van der Waals surface area contributed by atoms with Crippen molar-refractivity contribution in [3.05, 3.63) is 83.2 Å². The normalized spacial score (nSPS) is 18.8. The quantitative estimate of drug-likeness (QED) is 0.657. The number of hydrogen-bond donors (Lipinski definition) is 1. The maximum Gasteiger partial charge on any atom is 0.253 e. The molecule has 1 aromatic heterocycles. The van der Waals surface area contributed by atoms with Crippen molar-refractivity contribution < 1.29 is 9.59 Å². The number of carbonyl (C=O) groups is 2. The number of hydrogen-bond acceptors (Lipinski definition) is 3. The molecule has 0 spiro atoms. The molecule has 0 bridgehead atoms. The van der Waals surface area contributed by atoms with Crippen molar-refractivity contribution in [1.29, 1.82) is 0 Å². The number of nitrogens with one attached hydrogen (secondary N) is 1. The van der Waals surface area contributed by atoms with E-state index in [1.165, 1.54) is 10.4 Å². The van der Waals surface area contributed by atoms with E-state index in [9.17, 15) is 9.59 Å². The first-order valence-electron chi connectivity index (χ1n) is 10.3. The average Bonchev–Trinajstić information content (AvgIpc) is 3.34. The van der Waals surface area contributed by atoms with Gasteiger partial charge in [0.2, 0.25) is 5.91 Å². The van der Waals surface area contributed by atoms with Crippen molar-refractivity contribution >= 4 is 23.2 Å². The van der Waals surface area contributed by atoms with Crippen molar-refractivity contribution in [1.82, 2.24) is 10.2 Å². The summed E-state index contributed by atoms with van der Waals surface area (Å²) < 4.78 is 0. The van der Waals surface area contributed by atoms with Gasteiger partial charge in [-0.2, -0.15) is 0 Å². The lowest BCUT2D eigenvalue weighted by atomic mass is 9.74. The fraction of sp³-hybridized carbons (Fsp3) is 0.280. The first-order chi connectivity index (χ1) is 14.6. The van der Waals surface area contributed by atoms with Crippen LogP contribution in [0.3, 0.4) is 0 Å².